The van der Waals surface area contributed by atoms with E-state index >= 15 is 0 Å². The average molecular weight is 238 g/mol. The summed E-state index contributed by atoms with van der Waals surface area (Å²) in [6.45, 7) is 3.01. The summed E-state index contributed by atoms with van der Waals surface area (Å²) in [5, 5.41) is 9.21. The molecule has 0 unspecified atom stereocenters. The molecule has 3 rings (SSSR count). The van der Waals surface area contributed by atoms with E-state index in [2.05, 4.69) is 4.31 Å². The second-order valence-electron chi connectivity index (χ2n) is 4.28. The van der Waals surface area contributed by atoms with E-state index in [1.165, 1.54) is 18.5 Å². The Kier molecular flexibility index (Phi) is 2.44. The van der Waals surface area contributed by atoms with E-state index in [4.69, 9.17) is 0 Å². The molecule has 3 heterocycles. The van der Waals surface area contributed by atoms with Crippen LogP contribution in [0.4, 0.5) is 0 Å². The van der Waals surface area contributed by atoms with Crippen LogP contribution in [0.3, 0.4) is 0 Å². The number of rotatable bonds is 3. The molecule has 0 saturated carbocycles. The van der Waals surface area contributed by atoms with Crippen LogP contribution < -0.4 is 0 Å². The highest BCUT2D eigenvalue weighted by Crippen LogP contribution is 2.34. The lowest BCUT2D eigenvalue weighted by Gasteiger charge is -2.19. The van der Waals surface area contributed by atoms with Crippen molar-refractivity contribution < 1.29 is 9.90 Å². The highest BCUT2D eigenvalue weighted by atomic mass is 32.2. The maximum absolute atomic E-state index is 11.2. The van der Waals surface area contributed by atoms with E-state index in [0.717, 1.165) is 31.0 Å². The number of aromatic carboxylic acids is 1. The molecule has 1 saturated heterocycles. The Morgan fingerprint density at radius 2 is 2.06 bits per heavy atom. The Morgan fingerprint density at radius 3 is 2.62 bits per heavy atom. The third-order valence-electron chi connectivity index (χ3n) is 3.23. The first-order valence-electron chi connectivity index (χ1n) is 5.64. The van der Waals surface area contributed by atoms with E-state index < -0.39 is 5.97 Å². The zero-order chi connectivity index (χ0) is 11.1. The van der Waals surface area contributed by atoms with Crippen LogP contribution in [0, 0.1) is 0 Å². The van der Waals surface area contributed by atoms with Crippen LogP contribution >= 0.6 is 11.9 Å². The van der Waals surface area contributed by atoms with Gasteiger partial charge < -0.3 is 9.67 Å². The minimum atomic E-state index is -0.798. The van der Waals surface area contributed by atoms with Crippen LogP contribution in [0.1, 0.15) is 29.0 Å². The monoisotopic (exact) mass is 238 g/mol. The zero-order valence-electron chi connectivity index (χ0n) is 8.98. The average Bonchev–Trinajstić information content (AvgIpc) is 2.77. The molecule has 4 nitrogen and oxygen atoms in total. The molecule has 1 fully saturated rings. The zero-order valence-corrected chi connectivity index (χ0v) is 9.79. The number of carbonyl (C=O) groups is 1. The molecule has 2 aliphatic rings. The van der Waals surface area contributed by atoms with Crippen LogP contribution in [0.15, 0.2) is 11.0 Å². The lowest BCUT2D eigenvalue weighted by Crippen LogP contribution is -2.21. The Labute approximate surface area is 98.4 Å². The molecular formula is C11H14N2O2S. The van der Waals surface area contributed by atoms with Gasteiger partial charge in [-0.05, 0) is 30.9 Å². The van der Waals surface area contributed by atoms with Gasteiger partial charge in [-0.2, -0.15) is 0 Å². The van der Waals surface area contributed by atoms with Gasteiger partial charge in [0.15, 0.2) is 0 Å². The van der Waals surface area contributed by atoms with Gasteiger partial charge in [0.1, 0.15) is 5.69 Å². The molecule has 0 amide bonds. The second-order valence-corrected chi connectivity index (χ2v) is 5.42. The lowest BCUT2D eigenvalue weighted by molar-refractivity contribution is 0.0678. The molecule has 5 heteroatoms. The van der Waals surface area contributed by atoms with Gasteiger partial charge in [0.25, 0.3) is 0 Å². The van der Waals surface area contributed by atoms with Crippen molar-refractivity contribution >= 4 is 17.9 Å². The van der Waals surface area contributed by atoms with Crippen LogP contribution in [0.2, 0.25) is 0 Å². The van der Waals surface area contributed by atoms with Crippen molar-refractivity contribution in [1.29, 1.82) is 0 Å². The van der Waals surface area contributed by atoms with Crippen molar-refractivity contribution in [1.82, 2.24) is 8.87 Å². The minimum Gasteiger partial charge on any atom is -0.477 e. The maximum atomic E-state index is 11.2. The largest absolute Gasteiger partial charge is 0.477 e. The lowest BCUT2D eigenvalue weighted by atomic mass is 10.2. The summed E-state index contributed by atoms with van der Waals surface area (Å²) >= 11 is 1.61. The first-order valence-corrected chi connectivity index (χ1v) is 6.41. The molecule has 0 spiro atoms. The highest BCUT2D eigenvalue weighted by molar-refractivity contribution is 7.97. The predicted molar refractivity (Wildman–Crippen MR) is 61.8 cm³/mol. The minimum absolute atomic E-state index is 0.484. The Hall–Kier alpha value is -0.940. The van der Waals surface area contributed by atoms with Gasteiger partial charge in [0, 0.05) is 31.7 Å². The number of carboxylic acid groups (broad SMARTS) is 1. The van der Waals surface area contributed by atoms with Gasteiger partial charge in [0.2, 0.25) is 0 Å². The number of aryl methyl sites for hydroxylation is 1. The molecule has 0 aliphatic carbocycles. The summed E-state index contributed by atoms with van der Waals surface area (Å²) in [7, 11) is 0. The Balaban J connectivity index is 1.88. The molecule has 86 valence electrons. The highest BCUT2D eigenvalue weighted by Gasteiger charge is 2.27. The number of hydrogen-bond acceptors (Lipinski definition) is 3. The molecule has 2 aliphatic heterocycles. The first kappa shape index (κ1) is 10.2. The van der Waals surface area contributed by atoms with Gasteiger partial charge in [-0.3, -0.25) is 0 Å². The fourth-order valence-corrected chi connectivity index (χ4v) is 3.51. The normalized spacial score (nSPS) is 19.5. The van der Waals surface area contributed by atoms with E-state index in [1.54, 1.807) is 11.9 Å². The van der Waals surface area contributed by atoms with Crippen molar-refractivity contribution in [2.45, 2.75) is 30.7 Å². The summed E-state index contributed by atoms with van der Waals surface area (Å²) in [4.78, 5) is 12.1. The molecule has 1 N–H and O–H groups in total. The van der Waals surface area contributed by atoms with Crippen LogP contribution in [-0.2, 0) is 13.0 Å². The molecule has 0 aromatic carbocycles. The van der Waals surface area contributed by atoms with Gasteiger partial charge >= 0.3 is 5.97 Å². The number of aromatic nitrogens is 1. The van der Waals surface area contributed by atoms with Crippen molar-refractivity contribution in [2.24, 2.45) is 0 Å². The third-order valence-corrected chi connectivity index (χ3v) is 4.37. The smallest absolute Gasteiger partial charge is 0.353 e. The summed E-state index contributed by atoms with van der Waals surface area (Å²) < 4.78 is 4.18. The number of fused-ring (bicyclic) bond motifs is 1. The van der Waals surface area contributed by atoms with Crippen molar-refractivity contribution in [3.8, 4) is 0 Å². The van der Waals surface area contributed by atoms with Gasteiger partial charge in [-0.25, -0.2) is 9.10 Å². The summed E-state index contributed by atoms with van der Waals surface area (Å²) in [5.74, 6) is -0.798. The van der Waals surface area contributed by atoms with Crippen molar-refractivity contribution in [3.63, 3.8) is 0 Å². The number of hydrogen-bond donors (Lipinski definition) is 1. The molecule has 1 aromatic rings. The Bertz CT molecular complexity index is 435. The second kappa shape index (κ2) is 3.82. The quantitative estimate of drug-likeness (QED) is 0.816. The van der Waals surface area contributed by atoms with E-state index in [1.807, 2.05) is 10.6 Å². The molecular weight excluding hydrogens is 224 g/mol. The number of nitrogens with zero attached hydrogens (tertiary/aromatic N) is 2. The van der Waals surface area contributed by atoms with Crippen molar-refractivity contribution in [2.75, 3.05) is 13.1 Å². The molecule has 0 atom stereocenters. The van der Waals surface area contributed by atoms with E-state index in [0.29, 0.717) is 5.69 Å². The maximum Gasteiger partial charge on any atom is 0.353 e. The third kappa shape index (κ3) is 1.55. The molecule has 1 aromatic heterocycles. The van der Waals surface area contributed by atoms with Gasteiger partial charge in [0.05, 0.1) is 4.90 Å². The van der Waals surface area contributed by atoms with Crippen molar-refractivity contribution in [3.05, 3.63) is 17.5 Å². The van der Waals surface area contributed by atoms with Gasteiger partial charge in [-0.15, -0.1) is 0 Å². The molecule has 0 bridgehead atoms. The predicted octanol–water partition coefficient (Wildman–Crippen LogP) is 1.85. The van der Waals surface area contributed by atoms with E-state index in [-0.39, 0.29) is 0 Å². The summed E-state index contributed by atoms with van der Waals surface area (Å²) in [6.07, 6.45) is 3.47. The summed E-state index contributed by atoms with van der Waals surface area (Å²) in [5.41, 5.74) is 1.65. The molecule has 0 radical (unpaired) electrons. The SMILES string of the molecule is O=C(O)c1c(SN2CCCC2)cc2n1CC2. The van der Waals surface area contributed by atoms with Crippen LogP contribution in [0.5, 0.6) is 0 Å². The van der Waals surface area contributed by atoms with Crippen LogP contribution in [-0.4, -0.2) is 33.0 Å². The number of carboxylic acids is 1. The first-order chi connectivity index (χ1) is 7.75. The Morgan fingerprint density at radius 1 is 1.31 bits per heavy atom. The van der Waals surface area contributed by atoms with Gasteiger partial charge in [-0.1, -0.05) is 0 Å². The standard InChI is InChI=1S/C11H14N2O2S/c14-11(15)10-9(7-8-3-6-13(8)10)16-12-4-1-2-5-12/h7H,1-6H2,(H,14,15). The summed E-state index contributed by atoms with van der Waals surface area (Å²) in [6, 6.07) is 2.04. The topological polar surface area (TPSA) is 45.5 Å². The fourth-order valence-electron chi connectivity index (χ4n) is 2.32. The van der Waals surface area contributed by atoms with Crippen LogP contribution in [0.25, 0.3) is 0 Å². The van der Waals surface area contributed by atoms with E-state index in [9.17, 15) is 9.90 Å². The molecule has 16 heavy (non-hydrogen) atoms. The fraction of sp³-hybridized carbons (Fsp3) is 0.545.